The first-order valence-corrected chi connectivity index (χ1v) is 6.69. The number of nitrogens with one attached hydrogen (secondary N) is 1. The van der Waals surface area contributed by atoms with Crippen molar-refractivity contribution < 1.29 is 9.53 Å². The van der Waals surface area contributed by atoms with Crippen molar-refractivity contribution in [3.8, 4) is 0 Å². The van der Waals surface area contributed by atoms with E-state index in [1.165, 1.54) is 0 Å². The van der Waals surface area contributed by atoms with E-state index >= 15 is 0 Å². The third kappa shape index (κ3) is 5.08. The highest BCUT2D eigenvalue weighted by molar-refractivity contribution is 5.69. The van der Waals surface area contributed by atoms with E-state index in [1.807, 2.05) is 39.8 Å². The van der Waals surface area contributed by atoms with Gasteiger partial charge in [-0.1, -0.05) is 25.0 Å². The van der Waals surface area contributed by atoms with Crippen molar-refractivity contribution in [2.24, 2.45) is 5.73 Å². The lowest BCUT2D eigenvalue weighted by Gasteiger charge is -2.29. The number of hydrogen-bond acceptors (Lipinski definition) is 3. The molecule has 1 atom stereocenters. The molecule has 0 bridgehead atoms. The van der Waals surface area contributed by atoms with Gasteiger partial charge in [0.2, 0.25) is 0 Å². The van der Waals surface area contributed by atoms with Crippen molar-refractivity contribution in [2.45, 2.75) is 70.6 Å². The van der Waals surface area contributed by atoms with E-state index in [0.717, 1.165) is 25.7 Å². The first kappa shape index (κ1) is 15.0. The molecule has 18 heavy (non-hydrogen) atoms. The molecule has 3 N–H and O–H groups in total. The average Bonchev–Trinajstić information content (AvgIpc) is 2.61. The quantitative estimate of drug-likeness (QED) is 0.761. The number of nitrogens with two attached hydrogens (primary N) is 1. The molecule has 104 valence electrons. The third-order valence-electron chi connectivity index (χ3n) is 2.96. The Hall–Kier alpha value is -1.03. The zero-order chi connectivity index (χ0) is 13.8. The molecule has 1 rings (SSSR count). The summed E-state index contributed by atoms with van der Waals surface area (Å²) in [6, 6.07) is 0.00270. The Morgan fingerprint density at radius 1 is 1.39 bits per heavy atom. The molecule has 4 heteroatoms. The molecular formula is C14H26N2O2. The molecule has 0 saturated heterocycles. The SMILES string of the molecule is CC(N)/C=C\C1(NC(=O)OC(C)(C)C)CCCC1. The summed E-state index contributed by atoms with van der Waals surface area (Å²) in [7, 11) is 0. The maximum absolute atomic E-state index is 11.9. The minimum Gasteiger partial charge on any atom is -0.444 e. The summed E-state index contributed by atoms with van der Waals surface area (Å²) < 4.78 is 5.32. The maximum atomic E-state index is 11.9. The summed E-state index contributed by atoms with van der Waals surface area (Å²) in [6.45, 7) is 7.52. The fourth-order valence-electron chi connectivity index (χ4n) is 2.18. The van der Waals surface area contributed by atoms with Crippen LogP contribution in [0.1, 0.15) is 53.4 Å². The van der Waals surface area contributed by atoms with Gasteiger partial charge in [0.25, 0.3) is 0 Å². The molecule has 4 nitrogen and oxygen atoms in total. The van der Waals surface area contributed by atoms with Gasteiger partial charge < -0.3 is 15.8 Å². The van der Waals surface area contributed by atoms with Crippen LogP contribution in [0.25, 0.3) is 0 Å². The molecule has 0 aromatic carbocycles. The Kier molecular flexibility index (Phi) is 4.79. The Morgan fingerprint density at radius 2 is 1.94 bits per heavy atom. The lowest BCUT2D eigenvalue weighted by molar-refractivity contribution is 0.0479. The lowest BCUT2D eigenvalue weighted by atomic mass is 9.96. The summed E-state index contributed by atoms with van der Waals surface area (Å²) in [6.07, 6.45) is 7.79. The summed E-state index contributed by atoms with van der Waals surface area (Å²) in [5, 5.41) is 3.00. The van der Waals surface area contributed by atoms with Gasteiger partial charge in [-0.25, -0.2) is 4.79 Å². The monoisotopic (exact) mass is 254 g/mol. The van der Waals surface area contributed by atoms with E-state index < -0.39 is 5.60 Å². The number of carbonyl (C=O) groups is 1. The molecule has 0 spiro atoms. The van der Waals surface area contributed by atoms with Crippen LogP contribution in [0.5, 0.6) is 0 Å². The number of hydrogen-bond donors (Lipinski definition) is 2. The smallest absolute Gasteiger partial charge is 0.408 e. The first-order valence-electron chi connectivity index (χ1n) is 6.69. The van der Waals surface area contributed by atoms with Crippen molar-refractivity contribution in [3.05, 3.63) is 12.2 Å². The third-order valence-corrected chi connectivity index (χ3v) is 2.96. The lowest BCUT2D eigenvalue weighted by Crippen LogP contribution is -2.47. The standard InChI is InChI=1S/C14H26N2O2/c1-11(15)7-10-14(8-5-6-9-14)16-12(17)18-13(2,3)4/h7,10-11H,5-6,8-9,15H2,1-4H3,(H,16,17)/b10-7-. The van der Waals surface area contributed by atoms with Crippen LogP contribution in [0.4, 0.5) is 4.79 Å². The molecule has 0 aliphatic heterocycles. The molecule has 1 amide bonds. The largest absolute Gasteiger partial charge is 0.444 e. The Morgan fingerprint density at radius 3 is 2.39 bits per heavy atom. The predicted octanol–water partition coefficient (Wildman–Crippen LogP) is 2.73. The van der Waals surface area contributed by atoms with E-state index in [1.54, 1.807) is 0 Å². The van der Waals surface area contributed by atoms with Crippen molar-refractivity contribution in [1.29, 1.82) is 0 Å². The fraction of sp³-hybridized carbons (Fsp3) is 0.786. The van der Waals surface area contributed by atoms with Gasteiger partial charge in [0.15, 0.2) is 0 Å². The highest BCUT2D eigenvalue weighted by Crippen LogP contribution is 2.31. The molecule has 1 fully saturated rings. The normalized spacial score (nSPS) is 20.9. The van der Waals surface area contributed by atoms with Crippen LogP contribution in [-0.4, -0.2) is 23.3 Å². The predicted molar refractivity (Wildman–Crippen MR) is 73.4 cm³/mol. The van der Waals surface area contributed by atoms with Gasteiger partial charge >= 0.3 is 6.09 Å². The van der Waals surface area contributed by atoms with Crippen LogP contribution >= 0.6 is 0 Å². The van der Waals surface area contributed by atoms with E-state index in [4.69, 9.17) is 10.5 Å². The molecule has 0 heterocycles. The fourth-order valence-corrected chi connectivity index (χ4v) is 2.18. The van der Waals surface area contributed by atoms with Gasteiger partial charge in [-0.15, -0.1) is 0 Å². The van der Waals surface area contributed by atoms with Crippen LogP contribution < -0.4 is 11.1 Å². The van der Waals surface area contributed by atoms with Crippen LogP contribution in [0.3, 0.4) is 0 Å². The van der Waals surface area contributed by atoms with Gasteiger partial charge in [0.1, 0.15) is 5.60 Å². The molecule has 0 aromatic heterocycles. The number of rotatable bonds is 3. The number of carbonyl (C=O) groups excluding carboxylic acids is 1. The van der Waals surface area contributed by atoms with E-state index in [-0.39, 0.29) is 17.7 Å². The van der Waals surface area contributed by atoms with Gasteiger partial charge in [0, 0.05) is 6.04 Å². The van der Waals surface area contributed by atoms with Gasteiger partial charge in [-0.3, -0.25) is 0 Å². The van der Waals surface area contributed by atoms with E-state index in [0.29, 0.717) is 0 Å². The first-order chi connectivity index (χ1) is 8.22. The topological polar surface area (TPSA) is 64.3 Å². The summed E-state index contributed by atoms with van der Waals surface area (Å²) >= 11 is 0. The average molecular weight is 254 g/mol. The Labute approximate surface area is 110 Å². The maximum Gasteiger partial charge on any atom is 0.408 e. The second kappa shape index (κ2) is 5.74. The molecule has 1 saturated carbocycles. The van der Waals surface area contributed by atoms with Crippen molar-refractivity contribution in [1.82, 2.24) is 5.32 Å². The zero-order valence-electron chi connectivity index (χ0n) is 12.0. The zero-order valence-corrected chi connectivity index (χ0v) is 12.0. The highest BCUT2D eigenvalue weighted by Gasteiger charge is 2.34. The molecule has 1 aliphatic rings. The molecule has 0 aromatic rings. The van der Waals surface area contributed by atoms with Gasteiger partial charge in [-0.05, 0) is 40.5 Å². The Bertz CT molecular complexity index is 310. The second-order valence-corrected chi connectivity index (χ2v) is 6.21. The van der Waals surface area contributed by atoms with Crippen molar-refractivity contribution in [2.75, 3.05) is 0 Å². The van der Waals surface area contributed by atoms with Crippen molar-refractivity contribution in [3.63, 3.8) is 0 Å². The minimum atomic E-state index is -0.464. The van der Waals surface area contributed by atoms with Crippen LogP contribution in [0, 0.1) is 0 Å². The number of alkyl carbamates (subject to hydrolysis) is 1. The van der Waals surface area contributed by atoms with Gasteiger partial charge in [-0.2, -0.15) is 0 Å². The molecular weight excluding hydrogens is 228 g/mol. The van der Waals surface area contributed by atoms with Gasteiger partial charge in [0.05, 0.1) is 5.54 Å². The Balaban J connectivity index is 2.66. The number of amides is 1. The second-order valence-electron chi connectivity index (χ2n) is 6.21. The summed E-state index contributed by atoms with van der Waals surface area (Å²) in [4.78, 5) is 11.9. The molecule has 1 aliphatic carbocycles. The number of ether oxygens (including phenoxy) is 1. The van der Waals surface area contributed by atoms with E-state index in [2.05, 4.69) is 5.32 Å². The van der Waals surface area contributed by atoms with Crippen LogP contribution in [-0.2, 0) is 4.74 Å². The minimum absolute atomic E-state index is 0.00270. The molecule has 0 radical (unpaired) electrons. The summed E-state index contributed by atoms with van der Waals surface area (Å²) in [5.41, 5.74) is 5.00. The van der Waals surface area contributed by atoms with Crippen molar-refractivity contribution >= 4 is 6.09 Å². The highest BCUT2D eigenvalue weighted by atomic mass is 16.6. The molecule has 1 unspecified atom stereocenters. The van der Waals surface area contributed by atoms with Crippen LogP contribution in [0.15, 0.2) is 12.2 Å². The van der Waals surface area contributed by atoms with E-state index in [9.17, 15) is 4.79 Å². The summed E-state index contributed by atoms with van der Waals surface area (Å²) in [5.74, 6) is 0. The van der Waals surface area contributed by atoms with Crippen LogP contribution in [0.2, 0.25) is 0 Å².